The molecule has 0 fully saturated rings. The van der Waals surface area contributed by atoms with E-state index in [1.165, 1.54) is 11.1 Å². The highest BCUT2D eigenvalue weighted by molar-refractivity contribution is 9.10. The molecule has 94 valence electrons. The van der Waals surface area contributed by atoms with Gasteiger partial charge in [0.2, 0.25) is 0 Å². The largest absolute Gasteiger partial charge is 0.324 e. The van der Waals surface area contributed by atoms with E-state index in [9.17, 15) is 0 Å². The van der Waals surface area contributed by atoms with E-state index in [4.69, 9.17) is 5.73 Å². The van der Waals surface area contributed by atoms with Crippen LogP contribution in [-0.2, 0) is 6.42 Å². The smallest absolute Gasteiger partial charge is 0.0347 e. The molecule has 0 spiro atoms. The van der Waals surface area contributed by atoms with E-state index in [1.54, 1.807) is 0 Å². The lowest BCUT2D eigenvalue weighted by atomic mass is 9.99. The van der Waals surface area contributed by atoms with Crippen molar-refractivity contribution in [3.63, 3.8) is 0 Å². The number of hydrogen-bond acceptors (Lipinski definition) is 1. The summed E-state index contributed by atoms with van der Waals surface area (Å²) in [4.78, 5) is 0. The number of aryl methyl sites for hydroxylation is 1. The molecule has 0 saturated heterocycles. The summed E-state index contributed by atoms with van der Waals surface area (Å²) in [5, 5.41) is 0. The van der Waals surface area contributed by atoms with Gasteiger partial charge in [-0.05, 0) is 42.2 Å². The number of benzene rings is 2. The molecule has 0 aliphatic heterocycles. The van der Waals surface area contributed by atoms with Crippen LogP contribution >= 0.6 is 31.9 Å². The zero-order chi connectivity index (χ0) is 13.1. The molecule has 2 aromatic rings. The highest BCUT2D eigenvalue weighted by atomic mass is 79.9. The minimum absolute atomic E-state index is 0.00123. The monoisotopic (exact) mass is 367 g/mol. The predicted octanol–water partition coefficient (Wildman–Crippen LogP) is 4.76. The van der Waals surface area contributed by atoms with Gasteiger partial charge in [-0.3, -0.25) is 0 Å². The van der Waals surface area contributed by atoms with Crippen LogP contribution in [-0.4, -0.2) is 0 Å². The number of halogens is 2. The maximum atomic E-state index is 6.30. The topological polar surface area (TPSA) is 26.0 Å². The van der Waals surface area contributed by atoms with Crippen molar-refractivity contribution < 1.29 is 0 Å². The molecule has 0 amide bonds. The number of nitrogens with two attached hydrogens (primary N) is 1. The molecule has 2 N–H and O–H groups in total. The minimum atomic E-state index is -0.00123. The molecule has 0 saturated carbocycles. The molecule has 0 aliphatic carbocycles. The lowest BCUT2D eigenvalue weighted by Gasteiger charge is -2.15. The summed E-state index contributed by atoms with van der Waals surface area (Å²) in [7, 11) is 0. The molecule has 1 unspecified atom stereocenters. The molecule has 0 radical (unpaired) electrons. The van der Waals surface area contributed by atoms with Crippen molar-refractivity contribution in [2.45, 2.75) is 19.4 Å². The summed E-state index contributed by atoms with van der Waals surface area (Å²) >= 11 is 7.15. The van der Waals surface area contributed by atoms with E-state index in [0.717, 1.165) is 20.9 Å². The van der Waals surface area contributed by atoms with Crippen LogP contribution in [0.2, 0.25) is 0 Å². The van der Waals surface area contributed by atoms with E-state index >= 15 is 0 Å². The molecule has 1 atom stereocenters. The van der Waals surface area contributed by atoms with Crippen LogP contribution in [0.3, 0.4) is 0 Å². The molecular formula is C15H15Br2N. The Morgan fingerprint density at radius 3 is 2.44 bits per heavy atom. The molecule has 2 rings (SSSR count). The fraction of sp³-hybridized carbons (Fsp3) is 0.200. The summed E-state index contributed by atoms with van der Waals surface area (Å²) in [6.07, 6.45) is 0.823. The first kappa shape index (κ1) is 13.8. The van der Waals surface area contributed by atoms with Crippen LogP contribution in [0.4, 0.5) is 0 Å². The molecule has 3 heteroatoms. The Balaban J connectivity index is 2.22. The van der Waals surface area contributed by atoms with Crippen molar-refractivity contribution in [1.82, 2.24) is 0 Å². The van der Waals surface area contributed by atoms with Gasteiger partial charge in [-0.1, -0.05) is 62.2 Å². The van der Waals surface area contributed by atoms with Crippen LogP contribution in [0.15, 0.2) is 51.4 Å². The Hall–Kier alpha value is -0.640. The Morgan fingerprint density at radius 2 is 1.78 bits per heavy atom. The normalized spacial score (nSPS) is 12.4. The van der Waals surface area contributed by atoms with Gasteiger partial charge in [0.1, 0.15) is 0 Å². The summed E-state index contributed by atoms with van der Waals surface area (Å²) in [6, 6.07) is 14.5. The number of hydrogen-bond donors (Lipinski definition) is 1. The first-order valence-corrected chi connectivity index (χ1v) is 7.41. The van der Waals surface area contributed by atoms with Gasteiger partial charge >= 0.3 is 0 Å². The van der Waals surface area contributed by atoms with Gasteiger partial charge in [0.05, 0.1) is 0 Å². The Bertz CT molecular complexity index is 552. The third-order valence-electron chi connectivity index (χ3n) is 2.95. The second-order valence-corrected chi connectivity index (χ2v) is 6.14. The Labute approximate surface area is 125 Å². The number of rotatable bonds is 3. The third kappa shape index (κ3) is 3.22. The van der Waals surface area contributed by atoms with Gasteiger partial charge < -0.3 is 5.73 Å². The predicted molar refractivity (Wildman–Crippen MR) is 83.7 cm³/mol. The van der Waals surface area contributed by atoms with Gasteiger partial charge in [-0.2, -0.15) is 0 Å². The van der Waals surface area contributed by atoms with Gasteiger partial charge in [0, 0.05) is 15.0 Å². The van der Waals surface area contributed by atoms with E-state index in [2.05, 4.69) is 63.0 Å². The van der Waals surface area contributed by atoms with Gasteiger partial charge in [-0.15, -0.1) is 0 Å². The van der Waals surface area contributed by atoms with E-state index in [0.29, 0.717) is 0 Å². The van der Waals surface area contributed by atoms with Gasteiger partial charge in [0.25, 0.3) is 0 Å². The van der Waals surface area contributed by atoms with E-state index in [-0.39, 0.29) is 6.04 Å². The maximum absolute atomic E-state index is 6.30. The highest BCUT2D eigenvalue weighted by Crippen LogP contribution is 2.27. The summed E-state index contributed by atoms with van der Waals surface area (Å²) in [5.74, 6) is 0. The quantitative estimate of drug-likeness (QED) is 0.830. The standard InChI is InChI=1S/C15H15Br2N/c1-10-6-7-12(14(17)8-10)15(18)9-11-4-2-3-5-13(11)16/h2-8,15H,9,18H2,1H3. The fourth-order valence-electron chi connectivity index (χ4n) is 1.94. The van der Waals surface area contributed by atoms with Crippen molar-refractivity contribution >= 4 is 31.9 Å². The molecule has 0 bridgehead atoms. The summed E-state index contributed by atoms with van der Waals surface area (Å²) in [6.45, 7) is 2.08. The summed E-state index contributed by atoms with van der Waals surface area (Å²) in [5.41, 5.74) is 9.91. The van der Waals surface area contributed by atoms with Crippen LogP contribution < -0.4 is 5.73 Å². The second-order valence-electron chi connectivity index (χ2n) is 4.43. The Morgan fingerprint density at radius 1 is 1.06 bits per heavy atom. The average Bonchev–Trinajstić information content (AvgIpc) is 2.32. The van der Waals surface area contributed by atoms with Gasteiger partial charge in [-0.25, -0.2) is 0 Å². The van der Waals surface area contributed by atoms with Gasteiger partial charge in [0.15, 0.2) is 0 Å². The van der Waals surface area contributed by atoms with Crippen molar-refractivity contribution in [2.24, 2.45) is 5.73 Å². The third-order valence-corrected chi connectivity index (χ3v) is 4.41. The first-order chi connectivity index (χ1) is 8.58. The molecule has 0 aromatic heterocycles. The SMILES string of the molecule is Cc1ccc(C(N)Cc2ccccc2Br)c(Br)c1. The highest BCUT2D eigenvalue weighted by Gasteiger charge is 2.12. The van der Waals surface area contributed by atoms with Crippen molar-refractivity contribution in [3.05, 3.63) is 68.1 Å². The van der Waals surface area contributed by atoms with Crippen LogP contribution in [0.5, 0.6) is 0 Å². The zero-order valence-electron chi connectivity index (χ0n) is 10.2. The zero-order valence-corrected chi connectivity index (χ0v) is 13.3. The molecule has 1 nitrogen and oxygen atoms in total. The molecule has 0 aliphatic rings. The lowest BCUT2D eigenvalue weighted by Crippen LogP contribution is -2.14. The second kappa shape index (κ2) is 6.00. The first-order valence-electron chi connectivity index (χ1n) is 5.83. The Kier molecular flexibility index (Phi) is 4.60. The van der Waals surface area contributed by atoms with Crippen molar-refractivity contribution in [1.29, 1.82) is 0 Å². The fourth-order valence-corrected chi connectivity index (χ4v) is 3.18. The molecule has 18 heavy (non-hydrogen) atoms. The lowest BCUT2D eigenvalue weighted by molar-refractivity contribution is 0.716. The van der Waals surface area contributed by atoms with Crippen molar-refractivity contribution in [3.8, 4) is 0 Å². The molecule has 0 heterocycles. The van der Waals surface area contributed by atoms with Crippen molar-refractivity contribution in [2.75, 3.05) is 0 Å². The minimum Gasteiger partial charge on any atom is -0.324 e. The molecular weight excluding hydrogens is 354 g/mol. The average molecular weight is 369 g/mol. The van der Waals surface area contributed by atoms with Crippen LogP contribution in [0.1, 0.15) is 22.7 Å². The van der Waals surface area contributed by atoms with Crippen LogP contribution in [0, 0.1) is 6.92 Å². The van der Waals surface area contributed by atoms with E-state index in [1.807, 2.05) is 18.2 Å². The molecule has 2 aromatic carbocycles. The van der Waals surface area contributed by atoms with Crippen LogP contribution in [0.25, 0.3) is 0 Å². The summed E-state index contributed by atoms with van der Waals surface area (Å²) < 4.78 is 2.20. The maximum Gasteiger partial charge on any atom is 0.0347 e. The van der Waals surface area contributed by atoms with E-state index < -0.39 is 0 Å².